The van der Waals surface area contributed by atoms with E-state index < -0.39 is 11.6 Å². The lowest BCUT2D eigenvalue weighted by atomic mass is 9.86. The van der Waals surface area contributed by atoms with E-state index in [4.69, 9.17) is 0 Å². The van der Waals surface area contributed by atoms with Gasteiger partial charge in [-0.3, -0.25) is 4.79 Å². The first kappa shape index (κ1) is 24.1. The van der Waals surface area contributed by atoms with Gasteiger partial charge in [0, 0.05) is 12.3 Å². The third-order valence-electron chi connectivity index (χ3n) is 6.10. The van der Waals surface area contributed by atoms with Gasteiger partial charge < -0.3 is 10.2 Å². The first-order chi connectivity index (χ1) is 14.5. The number of unbranched alkanes of at least 4 members (excludes halogenated alkanes) is 3. The number of benzene rings is 1. The number of rotatable bonds is 13. The van der Waals surface area contributed by atoms with Crippen LogP contribution in [0.5, 0.6) is 0 Å². The maximum Gasteiger partial charge on any atom is 0.340 e. The minimum atomic E-state index is -1.85. The average Bonchev–Trinajstić information content (AvgIpc) is 3.10. The summed E-state index contributed by atoms with van der Waals surface area (Å²) in [5, 5.41) is 20.2. The van der Waals surface area contributed by atoms with Crippen LogP contribution in [0.15, 0.2) is 54.6 Å². The largest absolute Gasteiger partial charge is 0.479 e. The van der Waals surface area contributed by atoms with E-state index in [1.165, 1.54) is 0 Å². The maximum absolute atomic E-state index is 12.3. The Morgan fingerprint density at radius 1 is 1.10 bits per heavy atom. The molecule has 3 atom stereocenters. The molecule has 2 rings (SSSR count). The van der Waals surface area contributed by atoms with Crippen molar-refractivity contribution in [3.63, 3.8) is 0 Å². The van der Waals surface area contributed by atoms with Gasteiger partial charge in [0.05, 0.1) is 0 Å². The molecule has 0 aliphatic heterocycles. The highest BCUT2D eigenvalue weighted by molar-refractivity contribution is 5.83. The molecular formula is C26H36O4. The van der Waals surface area contributed by atoms with Crippen LogP contribution in [0.4, 0.5) is 0 Å². The van der Waals surface area contributed by atoms with E-state index in [0.29, 0.717) is 30.1 Å². The molecule has 1 aromatic carbocycles. The number of carboxylic acid groups (broad SMARTS) is 1. The van der Waals surface area contributed by atoms with E-state index in [1.54, 1.807) is 30.3 Å². The predicted molar refractivity (Wildman–Crippen MR) is 120 cm³/mol. The van der Waals surface area contributed by atoms with E-state index in [9.17, 15) is 19.8 Å². The third kappa shape index (κ3) is 6.94. The smallest absolute Gasteiger partial charge is 0.340 e. The number of ketones is 1. The number of carbonyl (C=O) groups is 2. The van der Waals surface area contributed by atoms with Crippen LogP contribution in [0.1, 0.15) is 76.7 Å². The van der Waals surface area contributed by atoms with Gasteiger partial charge in [-0.15, -0.1) is 0 Å². The molecule has 2 N–H and O–H groups in total. The molecule has 0 spiro atoms. The summed E-state index contributed by atoms with van der Waals surface area (Å²) >= 11 is 0. The highest BCUT2D eigenvalue weighted by Gasteiger charge is 2.37. The second-order valence-corrected chi connectivity index (χ2v) is 8.29. The van der Waals surface area contributed by atoms with E-state index in [0.717, 1.165) is 44.9 Å². The maximum atomic E-state index is 12.3. The molecule has 0 amide bonds. The van der Waals surface area contributed by atoms with E-state index in [2.05, 4.69) is 31.2 Å². The van der Waals surface area contributed by atoms with Gasteiger partial charge in [0.15, 0.2) is 5.60 Å². The summed E-state index contributed by atoms with van der Waals surface area (Å²) in [6.45, 7) is 2.13. The van der Waals surface area contributed by atoms with Gasteiger partial charge in [0.25, 0.3) is 0 Å². The fraction of sp³-hybridized carbons (Fsp3) is 0.538. The number of carboxylic acids is 1. The normalized spacial score (nSPS) is 21.5. The van der Waals surface area contributed by atoms with E-state index >= 15 is 0 Å². The van der Waals surface area contributed by atoms with E-state index in [1.807, 2.05) is 0 Å². The molecule has 30 heavy (non-hydrogen) atoms. The van der Waals surface area contributed by atoms with Gasteiger partial charge >= 0.3 is 5.97 Å². The number of Topliss-reactive ketones (excluding diaryl/α,β-unsaturated/α-hetero) is 1. The van der Waals surface area contributed by atoms with Crippen LogP contribution < -0.4 is 0 Å². The zero-order valence-electron chi connectivity index (χ0n) is 18.1. The Balaban J connectivity index is 1.77. The molecule has 0 saturated heterocycles. The van der Waals surface area contributed by atoms with Crippen LogP contribution in [0, 0.1) is 11.8 Å². The minimum absolute atomic E-state index is 0.0971. The Morgan fingerprint density at radius 3 is 2.53 bits per heavy atom. The summed E-state index contributed by atoms with van der Waals surface area (Å²) in [6.07, 6.45) is 16.9. The predicted octanol–water partition coefficient (Wildman–Crippen LogP) is 5.81. The van der Waals surface area contributed by atoms with Crippen molar-refractivity contribution in [1.29, 1.82) is 0 Å². The number of aliphatic hydroxyl groups is 1. The summed E-state index contributed by atoms with van der Waals surface area (Å²) in [6, 6.07) is 8.59. The van der Waals surface area contributed by atoms with Crippen LogP contribution in [0.3, 0.4) is 0 Å². The first-order valence-corrected chi connectivity index (χ1v) is 11.3. The summed E-state index contributed by atoms with van der Waals surface area (Å²) < 4.78 is 0. The highest BCUT2D eigenvalue weighted by atomic mass is 16.4. The molecule has 1 aromatic rings. The monoisotopic (exact) mass is 412 g/mol. The van der Waals surface area contributed by atoms with E-state index in [-0.39, 0.29) is 12.3 Å². The molecule has 1 aliphatic rings. The molecule has 164 valence electrons. The van der Waals surface area contributed by atoms with Crippen molar-refractivity contribution in [3.05, 3.63) is 60.2 Å². The quantitative estimate of drug-likeness (QED) is 0.317. The fourth-order valence-electron chi connectivity index (χ4n) is 4.30. The lowest BCUT2D eigenvalue weighted by Crippen LogP contribution is -2.35. The van der Waals surface area contributed by atoms with Gasteiger partial charge in [0.1, 0.15) is 5.78 Å². The van der Waals surface area contributed by atoms with Crippen LogP contribution in [0.2, 0.25) is 0 Å². The molecule has 1 aliphatic carbocycles. The molecule has 4 nitrogen and oxygen atoms in total. The number of allylic oxidation sites excluding steroid dienone is 4. The summed E-state index contributed by atoms with van der Waals surface area (Å²) in [4.78, 5) is 24.0. The number of aliphatic carboxylic acids is 1. The van der Waals surface area contributed by atoms with Crippen molar-refractivity contribution in [1.82, 2.24) is 0 Å². The van der Waals surface area contributed by atoms with Gasteiger partial charge in [-0.1, -0.05) is 74.4 Å². The summed E-state index contributed by atoms with van der Waals surface area (Å²) in [5.74, 6) is -0.409. The topological polar surface area (TPSA) is 74.6 Å². The Morgan fingerprint density at radius 2 is 1.83 bits per heavy atom. The van der Waals surface area contributed by atoms with Crippen molar-refractivity contribution in [2.45, 2.75) is 76.7 Å². The number of carbonyl (C=O) groups excluding carboxylic acids is 1. The zero-order valence-corrected chi connectivity index (χ0v) is 18.1. The standard InChI is InChI=1S/C26H36O4/c1-2-3-4-5-6-9-14-21-18-19-24(27)23(21)17-12-8-13-20-26(30,25(28)29)22-15-10-7-11-16-22/h3-4,7,9-11,14-16,21,23,30H,2,5-6,8,12-13,17-20H2,1H3,(H,28,29)/t21-,23+,26?/m0/s1. The van der Waals surface area contributed by atoms with Crippen LogP contribution in [0.25, 0.3) is 0 Å². The molecule has 0 heterocycles. The molecule has 1 unspecified atom stereocenters. The minimum Gasteiger partial charge on any atom is -0.479 e. The summed E-state index contributed by atoms with van der Waals surface area (Å²) in [7, 11) is 0. The van der Waals surface area contributed by atoms with Gasteiger partial charge in [-0.25, -0.2) is 4.79 Å². The molecule has 1 saturated carbocycles. The Kier molecular flexibility index (Phi) is 10.0. The van der Waals surface area contributed by atoms with Gasteiger partial charge in [0.2, 0.25) is 0 Å². The highest BCUT2D eigenvalue weighted by Crippen LogP contribution is 2.34. The third-order valence-corrected chi connectivity index (χ3v) is 6.10. The fourth-order valence-corrected chi connectivity index (χ4v) is 4.30. The molecule has 4 heteroatoms. The molecule has 0 radical (unpaired) electrons. The van der Waals surface area contributed by atoms with Crippen molar-refractivity contribution in [2.24, 2.45) is 11.8 Å². The van der Waals surface area contributed by atoms with Crippen molar-refractivity contribution < 1.29 is 19.8 Å². The van der Waals surface area contributed by atoms with Crippen LogP contribution >= 0.6 is 0 Å². The Labute approximate surface area is 180 Å². The van der Waals surface area contributed by atoms with Crippen molar-refractivity contribution in [3.8, 4) is 0 Å². The second kappa shape index (κ2) is 12.5. The summed E-state index contributed by atoms with van der Waals surface area (Å²) in [5.41, 5.74) is -1.43. The molecule has 1 fully saturated rings. The molecule has 0 aromatic heterocycles. The molecular weight excluding hydrogens is 376 g/mol. The lowest BCUT2D eigenvalue weighted by Gasteiger charge is -2.24. The Bertz CT molecular complexity index is 722. The van der Waals surface area contributed by atoms with Crippen molar-refractivity contribution >= 4 is 11.8 Å². The number of hydrogen-bond donors (Lipinski definition) is 2. The lowest BCUT2D eigenvalue weighted by molar-refractivity contribution is -0.160. The SMILES string of the molecule is CCC=CCCC=C[C@H]1CCC(=O)[C@@H]1CCCCCC(O)(C(=O)O)c1ccccc1. The van der Waals surface area contributed by atoms with Gasteiger partial charge in [-0.05, 0) is 56.4 Å². The molecule has 0 bridgehead atoms. The first-order valence-electron chi connectivity index (χ1n) is 11.3. The Hall–Kier alpha value is -2.20. The van der Waals surface area contributed by atoms with Crippen molar-refractivity contribution in [2.75, 3.05) is 0 Å². The number of hydrogen-bond acceptors (Lipinski definition) is 3. The van der Waals surface area contributed by atoms with Crippen LogP contribution in [-0.4, -0.2) is 22.0 Å². The van der Waals surface area contributed by atoms with Crippen LogP contribution in [-0.2, 0) is 15.2 Å². The average molecular weight is 413 g/mol. The second-order valence-electron chi connectivity index (χ2n) is 8.29. The zero-order chi connectivity index (χ0) is 21.8. The van der Waals surface area contributed by atoms with Gasteiger partial charge in [-0.2, -0.15) is 0 Å².